The van der Waals surface area contributed by atoms with Crippen LogP contribution >= 0.6 is 0 Å². The fourth-order valence-electron chi connectivity index (χ4n) is 4.47. The van der Waals surface area contributed by atoms with Crippen LogP contribution < -0.4 is 5.32 Å². The van der Waals surface area contributed by atoms with Crippen LogP contribution in [0.1, 0.15) is 41.2 Å². The third-order valence-electron chi connectivity index (χ3n) is 6.24. The first-order valence-corrected chi connectivity index (χ1v) is 12.9. The van der Waals surface area contributed by atoms with Gasteiger partial charge in [-0.2, -0.15) is 4.31 Å². The molecule has 2 aromatic rings. The minimum absolute atomic E-state index is 0.0260. The van der Waals surface area contributed by atoms with Gasteiger partial charge < -0.3 is 10.1 Å². The summed E-state index contributed by atoms with van der Waals surface area (Å²) in [7, 11) is -3.76. The Kier molecular flexibility index (Phi) is 7.75. The van der Waals surface area contributed by atoms with E-state index in [1.54, 1.807) is 18.2 Å². The van der Waals surface area contributed by atoms with Crippen molar-refractivity contribution >= 4 is 15.9 Å². The zero-order valence-electron chi connectivity index (χ0n) is 18.6. The van der Waals surface area contributed by atoms with Crippen LogP contribution in [0.2, 0.25) is 0 Å². The van der Waals surface area contributed by atoms with Gasteiger partial charge in [-0.15, -0.1) is 0 Å². The van der Waals surface area contributed by atoms with E-state index in [0.717, 1.165) is 24.8 Å². The summed E-state index contributed by atoms with van der Waals surface area (Å²) in [4.78, 5) is 15.3. The van der Waals surface area contributed by atoms with Crippen LogP contribution in [0.5, 0.6) is 0 Å². The number of morpholine rings is 1. The van der Waals surface area contributed by atoms with Gasteiger partial charge >= 0.3 is 0 Å². The fraction of sp³-hybridized carbons (Fsp3) is 0.458. The number of sulfonamides is 1. The van der Waals surface area contributed by atoms with Crippen LogP contribution in [0.3, 0.4) is 0 Å². The topological polar surface area (TPSA) is 79.0 Å². The molecule has 0 saturated carbocycles. The van der Waals surface area contributed by atoms with Crippen molar-refractivity contribution in [2.45, 2.75) is 30.2 Å². The van der Waals surface area contributed by atoms with E-state index >= 15 is 0 Å². The van der Waals surface area contributed by atoms with Gasteiger partial charge in [0.25, 0.3) is 5.91 Å². The fourth-order valence-corrected chi connectivity index (χ4v) is 6.18. The van der Waals surface area contributed by atoms with Crippen molar-refractivity contribution in [1.82, 2.24) is 14.5 Å². The number of hydrogen-bond acceptors (Lipinski definition) is 5. The zero-order valence-corrected chi connectivity index (χ0v) is 19.4. The van der Waals surface area contributed by atoms with E-state index in [-0.39, 0.29) is 28.9 Å². The van der Waals surface area contributed by atoms with Gasteiger partial charge in [-0.05, 0) is 42.7 Å². The van der Waals surface area contributed by atoms with Crippen LogP contribution in [0.25, 0.3) is 0 Å². The number of ether oxygens (including phenoxy) is 1. The van der Waals surface area contributed by atoms with E-state index in [0.29, 0.717) is 39.4 Å². The summed E-state index contributed by atoms with van der Waals surface area (Å²) in [6, 6.07) is 12.4. The molecule has 33 heavy (non-hydrogen) atoms. The summed E-state index contributed by atoms with van der Waals surface area (Å²) in [5.41, 5.74) is 0.884. The molecular formula is C24H30FN3O4S. The molecule has 2 heterocycles. The number of nitrogens with one attached hydrogen (secondary N) is 1. The van der Waals surface area contributed by atoms with E-state index in [9.17, 15) is 17.6 Å². The van der Waals surface area contributed by atoms with Crippen LogP contribution in [0.4, 0.5) is 4.39 Å². The van der Waals surface area contributed by atoms with Crippen molar-refractivity contribution in [3.8, 4) is 0 Å². The number of nitrogens with zero attached hydrogens (tertiary/aromatic N) is 2. The average molecular weight is 476 g/mol. The maximum absolute atomic E-state index is 13.9. The standard InChI is InChI=1S/C24H30FN3O4S/c25-20-8-6-7-19(17-20)22(27-13-15-32-16-14-27)18-26-24(29)21-9-2-3-10-23(21)33(30,31)28-11-4-1-5-12-28/h2-3,6-10,17,22H,1,4-5,11-16,18H2,(H,26,29). The summed E-state index contributed by atoms with van der Waals surface area (Å²) < 4.78 is 47.3. The van der Waals surface area contributed by atoms with Crippen molar-refractivity contribution in [2.24, 2.45) is 0 Å². The molecule has 9 heteroatoms. The Morgan fingerprint density at radius 2 is 1.73 bits per heavy atom. The molecule has 2 saturated heterocycles. The Hall–Kier alpha value is -2.33. The SMILES string of the molecule is O=C(NCC(c1cccc(F)c1)N1CCOCC1)c1ccccc1S(=O)(=O)N1CCCCC1. The third kappa shape index (κ3) is 5.60. The lowest BCUT2D eigenvalue weighted by molar-refractivity contribution is 0.0161. The summed E-state index contributed by atoms with van der Waals surface area (Å²) in [5, 5.41) is 2.90. The van der Waals surface area contributed by atoms with Crippen molar-refractivity contribution < 1.29 is 22.3 Å². The van der Waals surface area contributed by atoms with Gasteiger partial charge in [-0.25, -0.2) is 12.8 Å². The lowest BCUT2D eigenvalue weighted by Crippen LogP contribution is -2.44. The molecule has 178 valence electrons. The van der Waals surface area contributed by atoms with Crippen LogP contribution in [0.15, 0.2) is 53.4 Å². The Morgan fingerprint density at radius 1 is 1.00 bits per heavy atom. The van der Waals surface area contributed by atoms with E-state index in [1.807, 2.05) is 6.07 Å². The second-order valence-electron chi connectivity index (χ2n) is 8.39. The summed E-state index contributed by atoms with van der Waals surface area (Å²) in [6.07, 6.45) is 2.65. The number of rotatable bonds is 7. The summed E-state index contributed by atoms with van der Waals surface area (Å²) >= 11 is 0. The minimum atomic E-state index is -3.76. The molecule has 0 aliphatic carbocycles. The summed E-state index contributed by atoms with van der Waals surface area (Å²) in [6.45, 7) is 3.62. The Bertz CT molecular complexity index is 1070. The largest absolute Gasteiger partial charge is 0.379 e. The van der Waals surface area contributed by atoms with Gasteiger partial charge in [0.1, 0.15) is 5.82 Å². The number of piperidine rings is 1. The monoisotopic (exact) mass is 475 g/mol. The molecule has 0 bridgehead atoms. The first-order chi connectivity index (χ1) is 16.0. The van der Waals surface area contributed by atoms with Gasteiger partial charge in [0, 0.05) is 32.7 Å². The molecule has 2 fully saturated rings. The van der Waals surface area contributed by atoms with E-state index < -0.39 is 15.9 Å². The molecule has 0 spiro atoms. The van der Waals surface area contributed by atoms with Gasteiger partial charge in [-0.1, -0.05) is 30.7 Å². The molecule has 2 aliphatic heterocycles. The van der Waals surface area contributed by atoms with E-state index in [1.165, 1.54) is 28.6 Å². The minimum Gasteiger partial charge on any atom is -0.379 e. The zero-order chi connectivity index (χ0) is 23.3. The van der Waals surface area contributed by atoms with Crippen LogP contribution in [0, 0.1) is 5.82 Å². The second kappa shape index (κ2) is 10.7. The van der Waals surface area contributed by atoms with Gasteiger partial charge in [0.05, 0.1) is 29.7 Å². The predicted molar refractivity (Wildman–Crippen MR) is 123 cm³/mol. The third-order valence-corrected chi connectivity index (χ3v) is 8.20. The highest BCUT2D eigenvalue weighted by Gasteiger charge is 2.30. The normalized spacial score (nSPS) is 19.2. The van der Waals surface area contributed by atoms with Crippen LogP contribution in [-0.4, -0.2) is 69.5 Å². The van der Waals surface area contributed by atoms with Gasteiger partial charge in [0.15, 0.2) is 0 Å². The van der Waals surface area contributed by atoms with Crippen molar-refractivity contribution in [3.63, 3.8) is 0 Å². The Morgan fingerprint density at radius 3 is 2.45 bits per heavy atom. The van der Waals surface area contributed by atoms with Crippen molar-refractivity contribution in [3.05, 3.63) is 65.5 Å². The highest BCUT2D eigenvalue weighted by molar-refractivity contribution is 7.89. The predicted octanol–water partition coefficient (Wildman–Crippen LogP) is 2.80. The molecule has 1 atom stereocenters. The van der Waals surface area contributed by atoms with Crippen molar-refractivity contribution in [2.75, 3.05) is 45.9 Å². The van der Waals surface area contributed by atoms with Gasteiger partial charge in [0.2, 0.25) is 10.0 Å². The lowest BCUT2D eigenvalue weighted by Gasteiger charge is -2.35. The van der Waals surface area contributed by atoms with Crippen molar-refractivity contribution in [1.29, 1.82) is 0 Å². The first kappa shape index (κ1) is 23.8. The maximum atomic E-state index is 13.9. The summed E-state index contributed by atoms with van der Waals surface area (Å²) in [5.74, 6) is -0.795. The molecule has 2 aliphatic rings. The molecule has 1 N–H and O–H groups in total. The number of hydrogen-bond donors (Lipinski definition) is 1. The highest BCUT2D eigenvalue weighted by atomic mass is 32.2. The molecule has 2 aromatic carbocycles. The number of carbonyl (C=O) groups excluding carboxylic acids is 1. The quantitative estimate of drug-likeness (QED) is 0.666. The molecular weight excluding hydrogens is 445 g/mol. The molecule has 1 amide bonds. The molecule has 4 rings (SSSR count). The number of halogens is 1. The Balaban J connectivity index is 1.55. The smallest absolute Gasteiger partial charge is 0.252 e. The molecule has 0 aromatic heterocycles. The molecule has 1 unspecified atom stereocenters. The van der Waals surface area contributed by atoms with E-state index in [4.69, 9.17) is 4.74 Å². The number of carbonyl (C=O) groups is 1. The Labute approximate surface area is 194 Å². The molecule has 7 nitrogen and oxygen atoms in total. The number of benzene rings is 2. The first-order valence-electron chi connectivity index (χ1n) is 11.4. The van der Waals surface area contributed by atoms with Crippen LogP contribution in [-0.2, 0) is 14.8 Å². The highest BCUT2D eigenvalue weighted by Crippen LogP contribution is 2.25. The van der Waals surface area contributed by atoms with E-state index in [2.05, 4.69) is 10.2 Å². The number of amides is 1. The lowest BCUT2D eigenvalue weighted by atomic mass is 10.0. The maximum Gasteiger partial charge on any atom is 0.252 e. The molecule has 0 radical (unpaired) electrons. The average Bonchev–Trinajstić information content (AvgIpc) is 2.85. The van der Waals surface area contributed by atoms with Gasteiger partial charge in [-0.3, -0.25) is 9.69 Å². The second-order valence-corrected chi connectivity index (χ2v) is 10.3.